The van der Waals surface area contributed by atoms with Gasteiger partial charge in [0.15, 0.2) is 0 Å². The lowest BCUT2D eigenvalue weighted by Crippen LogP contribution is -2.49. The number of nitrogens with one attached hydrogen (secondary N) is 2. The van der Waals surface area contributed by atoms with Crippen LogP contribution in [0.25, 0.3) is 0 Å². The number of piperidine rings is 1. The first kappa shape index (κ1) is 16.2. The second-order valence-electron chi connectivity index (χ2n) is 6.77. The van der Waals surface area contributed by atoms with Crippen molar-refractivity contribution in [2.45, 2.75) is 37.4 Å². The highest BCUT2D eigenvalue weighted by Crippen LogP contribution is 2.26. The van der Waals surface area contributed by atoms with Crippen molar-refractivity contribution in [2.75, 3.05) is 13.1 Å². The molecule has 2 saturated heterocycles. The van der Waals surface area contributed by atoms with Crippen molar-refractivity contribution in [1.29, 1.82) is 0 Å². The van der Waals surface area contributed by atoms with Crippen LogP contribution in [0.1, 0.15) is 36.9 Å². The number of nitrogens with zero attached hydrogens (tertiary/aromatic N) is 3. The minimum absolute atomic E-state index is 0.0174. The lowest BCUT2D eigenvalue weighted by Gasteiger charge is -2.34. The number of hydrazine groups is 1. The van der Waals surface area contributed by atoms with Gasteiger partial charge in [0.05, 0.1) is 12.4 Å². The molecule has 2 aliphatic rings. The third-order valence-electron chi connectivity index (χ3n) is 5.13. The van der Waals surface area contributed by atoms with Crippen molar-refractivity contribution < 1.29 is 9.18 Å². The number of carbonyl (C=O) groups excluding carboxylic acids is 1. The van der Waals surface area contributed by atoms with E-state index < -0.39 is 0 Å². The van der Waals surface area contributed by atoms with Gasteiger partial charge in [-0.25, -0.2) is 20.2 Å². The maximum Gasteiger partial charge on any atom is 0.241 e. The third-order valence-corrected chi connectivity index (χ3v) is 5.13. The average Bonchev–Trinajstić information content (AvgIpc) is 3.34. The van der Waals surface area contributed by atoms with Crippen LogP contribution in [0.4, 0.5) is 4.39 Å². The molecule has 25 heavy (non-hydrogen) atoms. The standard InChI is InChI=1S/C18H22FN5O/c19-14-5-3-13(4-6-14)16-10-17(22-21-16)18(25)23-8-1-2-15(11-23)24-9-7-20-12-24/h3-7,9,12,15-17,21-22H,1-2,8,10-11H2. The molecule has 1 aromatic heterocycles. The van der Waals surface area contributed by atoms with E-state index >= 15 is 0 Å². The van der Waals surface area contributed by atoms with Crippen molar-refractivity contribution in [3.05, 3.63) is 54.4 Å². The number of halogens is 1. The van der Waals surface area contributed by atoms with Crippen LogP contribution in [0.5, 0.6) is 0 Å². The first-order chi connectivity index (χ1) is 12.2. The SMILES string of the molecule is O=C(C1CC(c2ccc(F)cc2)NN1)N1CCCC(n2ccnc2)C1. The Kier molecular flexibility index (Phi) is 4.50. The zero-order valence-electron chi connectivity index (χ0n) is 13.9. The first-order valence-corrected chi connectivity index (χ1v) is 8.73. The number of hydrogen-bond acceptors (Lipinski definition) is 4. The average molecular weight is 343 g/mol. The molecule has 0 bridgehead atoms. The molecule has 0 saturated carbocycles. The Morgan fingerprint density at radius 2 is 2.08 bits per heavy atom. The van der Waals surface area contributed by atoms with Crippen LogP contribution in [0.3, 0.4) is 0 Å². The summed E-state index contributed by atoms with van der Waals surface area (Å²) in [7, 11) is 0. The molecule has 0 spiro atoms. The highest BCUT2D eigenvalue weighted by atomic mass is 19.1. The van der Waals surface area contributed by atoms with Crippen LogP contribution in [0, 0.1) is 5.82 Å². The van der Waals surface area contributed by atoms with Gasteiger partial charge in [0.1, 0.15) is 11.9 Å². The molecule has 0 aliphatic carbocycles. The highest BCUT2D eigenvalue weighted by Gasteiger charge is 2.34. The molecule has 2 aromatic rings. The Morgan fingerprint density at radius 3 is 2.84 bits per heavy atom. The van der Waals surface area contributed by atoms with Crippen LogP contribution in [0.15, 0.2) is 43.0 Å². The van der Waals surface area contributed by atoms with Gasteiger partial charge in [-0.2, -0.15) is 0 Å². The Labute approximate surface area is 146 Å². The summed E-state index contributed by atoms with van der Waals surface area (Å²) < 4.78 is 15.2. The van der Waals surface area contributed by atoms with Crippen molar-refractivity contribution in [2.24, 2.45) is 0 Å². The summed E-state index contributed by atoms with van der Waals surface area (Å²) in [4.78, 5) is 18.9. The molecule has 0 radical (unpaired) electrons. The van der Waals surface area contributed by atoms with E-state index in [4.69, 9.17) is 0 Å². The summed E-state index contributed by atoms with van der Waals surface area (Å²) in [6.45, 7) is 1.51. The van der Waals surface area contributed by atoms with Crippen molar-refractivity contribution >= 4 is 5.91 Å². The van der Waals surface area contributed by atoms with E-state index in [0.717, 1.165) is 24.9 Å². The van der Waals surface area contributed by atoms with Gasteiger partial charge >= 0.3 is 0 Å². The molecule has 3 heterocycles. The topological polar surface area (TPSA) is 62.2 Å². The van der Waals surface area contributed by atoms with Crippen LogP contribution in [0.2, 0.25) is 0 Å². The first-order valence-electron chi connectivity index (χ1n) is 8.73. The highest BCUT2D eigenvalue weighted by molar-refractivity contribution is 5.82. The number of imidazole rings is 1. The van der Waals surface area contributed by atoms with Gasteiger partial charge in [-0.15, -0.1) is 0 Å². The fraction of sp³-hybridized carbons (Fsp3) is 0.444. The monoisotopic (exact) mass is 343 g/mol. The quantitative estimate of drug-likeness (QED) is 0.892. The summed E-state index contributed by atoms with van der Waals surface area (Å²) in [5.74, 6) is -0.122. The van der Waals surface area contributed by atoms with Gasteiger partial charge in [-0.1, -0.05) is 12.1 Å². The lowest BCUT2D eigenvalue weighted by atomic mass is 10.00. The molecular formula is C18H22FN5O. The Hall–Kier alpha value is -2.25. The summed E-state index contributed by atoms with van der Waals surface area (Å²) in [5, 5.41) is 0. The Morgan fingerprint density at radius 1 is 1.24 bits per heavy atom. The van der Waals surface area contributed by atoms with Gasteiger partial charge < -0.3 is 9.47 Å². The predicted octanol–water partition coefficient (Wildman–Crippen LogP) is 1.79. The molecule has 2 N–H and O–H groups in total. The van der Waals surface area contributed by atoms with E-state index in [1.165, 1.54) is 12.1 Å². The molecule has 6 nitrogen and oxygen atoms in total. The Bertz CT molecular complexity index is 718. The van der Waals surface area contributed by atoms with Gasteiger partial charge in [-0.3, -0.25) is 4.79 Å². The number of likely N-dealkylation sites (tertiary alicyclic amines) is 1. The molecule has 7 heteroatoms. The fourth-order valence-electron chi connectivity index (χ4n) is 3.74. The molecule has 1 aromatic carbocycles. The minimum Gasteiger partial charge on any atom is -0.339 e. The predicted molar refractivity (Wildman–Crippen MR) is 90.9 cm³/mol. The van der Waals surface area contributed by atoms with Crippen molar-refractivity contribution in [1.82, 2.24) is 25.3 Å². The number of amides is 1. The number of aromatic nitrogens is 2. The minimum atomic E-state index is -0.253. The fourth-order valence-corrected chi connectivity index (χ4v) is 3.74. The largest absolute Gasteiger partial charge is 0.339 e. The summed E-state index contributed by atoms with van der Waals surface area (Å²) in [5.41, 5.74) is 7.26. The third kappa shape index (κ3) is 3.43. The van der Waals surface area contributed by atoms with Gasteiger partial charge in [-0.05, 0) is 37.0 Å². The molecule has 132 valence electrons. The maximum atomic E-state index is 13.1. The van der Waals surface area contributed by atoms with Crippen molar-refractivity contribution in [3.63, 3.8) is 0 Å². The van der Waals surface area contributed by atoms with Crippen molar-refractivity contribution in [3.8, 4) is 0 Å². The normalized spacial score (nSPS) is 26.8. The summed E-state index contributed by atoms with van der Waals surface area (Å²) in [6, 6.07) is 6.48. The van der Waals surface area contributed by atoms with Crippen LogP contribution in [-0.2, 0) is 4.79 Å². The second-order valence-corrected chi connectivity index (χ2v) is 6.77. The molecule has 4 rings (SSSR count). The molecule has 1 amide bonds. The number of hydrogen-bond donors (Lipinski definition) is 2. The van der Waals surface area contributed by atoms with Crippen LogP contribution >= 0.6 is 0 Å². The Balaban J connectivity index is 1.39. The molecule has 3 atom stereocenters. The van der Waals surface area contributed by atoms with Crippen LogP contribution in [-0.4, -0.2) is 39.5 Å². The van der Waals surface area contributed by atoms with E-state index in [1.807, 2.05) is 17.4 Å². The molecule has 3 unspecified atom stereocenters. The van der Waals surface area contributed by atoms with E-state index in [9.17, 15) is 9.18 Å². The number of carbonyl (C=O) groups is 1. The van der Waals surface area contributed by atoms with Gasteiger partial charge in [0.2, 0.25) is 5.91 Å². The number of rotatable bonds is 3. The molecule has 2 fully saturated rings. The maximum absolute atomic E-state index is 13.1. The van der Waals surface area contributed by atoms with Gasteiger partial charge in [0.25, 0.3) is 0 Å². The van der Waals surface area contributed by atoms with Gasteiger partial charge in [0, 0.05) is 31.5 Å². The second kappa shape index (κ2) is 6.93. The van der Waals surface area contributed by atoms with E-state index in [1.54, 1.807) is 18.3 Å². The molecular weight excluding hydrogens is 321 g/mol. The lowest BCUT2D eigenvalue weighted by molar-refractivity contribution is -0.134. The van der Waals surface area contributed by atoms with E-state index in [-0.39, 0.29) is 23.8 Å². The smallest absolute Gasteiger partial charge is 0.241 e. The molecule has 2 aliphatic heterocycles. The van der Waals surface area contributed by atoms with E-state index in [2.05, 4.69) is 20.4 Å². The number of benzene rings is 1. The summed E-state index contributed by atoms with van der Waals surface area (Å²) in [6.07, 6.45) is 8.27. The zero-order valence-corrected chi connectivity index (χ0v) is 13.9. The van der Waals surface area contributed by atoms with E-state index in [0.29, 0.717) is 19.0 Å². The zero-order chi connectivity index (χ0) is 17.2. The summed E-state index contributed by atoms with van der Waals surface area (Å²) >= 11 is 0. The van der Waals surface area contributed by atoms with Crippen LogP contribution < -0.4 is 10.9 Å².